The molecule has 1 rings (SSSR count). The van der Waals surface area contributed by atoms with Gasteiger partial charge in [-0.25, -0.2) is 0 Å². The summed E-state index contributed by atoms with van der Waals surface area (Å²) in [5.74, 6) is -0.293. The molecule has 0 aliphatic carbocycles. The smallest absolute Gasteiger partial charge is 0.348 e. The molecule has 0 saturated carbocycles. The highest BCUT2D eigenvalue weighted by Crippen LogP contribution is 2.31. The van der Waals surface area contributed by atoms with Crippen molar-refractivity contribution >= 4 is 44.4 Å². The fourth-order valence-electron chi connectivity index (χ4n) is 1.51. The van der Waals surface area contributed by atoms with E-state index in [-0.39, 0.29) is 17.5 Å². The zero-order chi connectivity index (χ0) is 15.5. The number of alkyl halides is 4. The summed E-state index contributed by atoms with van der Waals surface area (Å²) in [6, 6.07) is 2.97. The molecule has 20 heavy (non-hydrogen) atoms. The molecule has 0 bridgehead atoms. The lowest BCUT2D eigenvalue weighted by Gasteiger charge is -2.20. The maximum Gasteiger partial charge on any atom is 0.416 e. The lowest BCUT2D eigenvalue weighted by atomic mass is 10.1. The first-order chi connectivity index (χ1) is 9.16. The summed E-state index contributed by atoms with van der Waals surface area (Å²) in [5.41, 5.74) is -0.836. The Bertz CT molecular complexity index is 491. The van der Waals surface area contributed by atoms with Crippen LogP contribution in [-0.2, 0) is 6.18 Å². The summed E-state index contributed by atoms with van der Waals surface area (Å²) < 4.78 is 39.1. The minimum Gasteiger partial charge on any atom is -0.348 e. The van der Waals surface area contributed by atoms with E-state index in [1.165, 1.54) is 6.07 Å². The Morgan fingerprint density at radius 3 is 2.45 bits per heavy atom. The van der Waals surface area contributed by atoms with Crippen molar-refractivity contribution in [3.8, 4) is 0 Å². The minimum absolute atomic E-state index is 0.00433. The molecule has 0 fully saturated rings. The van der Waals surface area contributed by atoms with Crippen molar-refractivity contribution in [2.75, 3.05) is 4.43 Å². The van der Waals surface area contributed by atoms with E-state index in [1.54, 1.807) is 0 Å². The number of amides is 1. The molecule has 112 valence electrons. The fourth-order valence-corrected chi connectivity index (χ4v) is 3.17. The van der Waals surface area contributed by atoms with Gasteiger partial charge < -0.3 is 5.32 Å². The van der Waals surface area contributed by atoms with Gasteiger partial charge in [0.2, 0.25) is 0 Å². The Kier molecular flexibility index (Phi) is 6.30. The lowest BCUT2D eigenvalue weighted by Crippen LogP contribution is -2.39. The van der Waals surface area contributed by atoms with Crippen molar-refractivity contribution in [3.63, 3.8) is 0 Å². The van der Waals surface area contributed by atoms with Crippen LogP contribution in [0.15, 0.2) is 22.7 Å². The van der Waals surface area contributed by atoms with E-state index in [4.69, 9.17) is 0 Å². The van der Waals surface area contributed by atoms with E-state index >= 15 is 0 Å². The standard InChI is InChI=1S/C13H14BrF3INO/c1-7(2)11(6-18)19-12(20)9-5-8(13(15,16)17)3-4-10(9)14/h3-5,7,11H,6H2,1-2H3,(H,19,20). The van der Waals surface area contributed by atoms with Crippen LogP contribution in [0.5, 0.6) is 0 Å². The third-order valence-corrected chi connectivity index (χ3v) is 4.47. The zero-order valence-electron chi connectivity index (χ0n) is 10.9. The van der Waals surface area contributed by atoms with Crippen molar-refractivity contribution in [3.05, 3.63) is 33.8 Å². The van der Waals surface area contributed by atoms with Crippen molar-refractivity contribution in [1.82, 2.24) is 5.32 Å². The molecule has 0 spiro atoms. The van der Waals surface area contributed by atoms with Crippen molar-refractivity contribution in [1.29, 1.82) is 0 Å². The zero-order valence-corrected chi connectivity index (χ0v) is 14.6. The number of hydrogen-bond acceptors (Lipinski definition) is 1. The highest BCUT2D eigenvalue weighted by atomic mass is 127. The second-order valence-electron chi connectivity index (χ2n) is 4.67. The predicted molar refractivity (Wildman–Crippen MR) is 84.1 cm³/mol. The summed E-state index contributed by atoms with van der Waals surface area (Å²) in [6.07, 6.45) is -4.46. The molecule has 0 aromatic heterocycles. The average molecular weight is 464 g/mol. The molecular weight excluding hydrogens is 450 g/mol. The normalized spacial score (nSPS) is 13.4. The van der Waals surface area contributed by atoms with Crippen LogP contribution in [0.4, 0.5) is 13.2 Å². The highest BCUT2D eigenvalue weighted by Gasteiger charge is 2.31. The molecule has 1 atom stereocenters. The van der Waals surface area contributed by atoms with Crippen LogP contribution in [-0.4, -0.2) is 16.4 Å². The van der Waals surface area contributed by atoms with Crippen LogP contribution in [0, 0.1) is 5.92 Å². The van der Waals surface area contributed by atoms with Gasteiger partial charge in [-0.15, -0.1) is 0 Å². The number of benzene rings is 1. The number of halogens is 5. The van der Waals surface area contributed by atoms with Gasteiger partial charge in [-0.1, -0.05) is 36.4 Å². The van der Waals surface area contributed by atoms with Crippen LogP contribution in [0.3, 0.4) is 0 Å². The quantitative estimate of drug-likeness (QED) is 0.510. The van der Waals surface area contributed by atoms with E-state index in [0.717, 1.165) is 12.1 Å². The first-order valence-electron chi connectivity index (χ1n) is 5.90. The first-order valence-corrected chi connectivity index (χ1v) is 8.22. The number of hydrogen-bond donors (Lipinski definition) is 1. The molecule has 1 amide bonds. The highest BCUT2D eigenvalue weighted by molar-refractivity contribution is 14.1. The van der Waals surface area contributed by atoms with Gasteiger partial charge in [-0.2, -0.15) is 13.2 Å². The summed E-state index contributed by atoms with van der Waals surface area (Å²) >= 11 is 5.26. The van der Waals surface area contributed by atoms with Crippen LogP contribution < -0.4 is 5.32 Å². The SMILES string of the molecule is CC(C)C(CI)NC(=O)c1cc(C(F)(F)F)ccc1Br. The Labute approximate surface area is 137 Å². The fraction of sp³-hybridized carbons (Fsp3) is 0.462. The Morgan fingerprint density at radius 2 is 2.00 bits per heavy atom. The Hall–Kier alpha value is -0.310. The molecule has 0 aliphatic rings. The molecule has 0 saturated heterocycles. The van der Waals surface area contributed by atoms with Gasteiger partial charge in [0.05, 0.1) is 11.1 Å². The van der Waals surface area contributed by atoms with Gasteiger partial charge in [-0.05, 0) is 40.0 Å². The maximum atomic E-state index is 12.7. The number of nitrogens with one attached hydrogen (secondary N) is 1. The second kappa shape index (κ2) is 7.11. The van der Waals surface area contributed by atoms with Crippen LogP contribution in [0.1, 0.15) is 29.8 Å². The Morgan fingerprint density at radius 1 is 1.40 bits per heavy atom. The molecular formula is C13H14BrF3INO. The van der Waals surface area contributed by atoms with Crippen molar-refractivity contribution in [2.45, 2.75) is 26.1 Å². The average Bonchev–Trinajstić information content (AvgIpc) is 2.34. The van der Waals surface area contributed by atoms with E-state index in [2.05, 4.69) is 43.8 Å². The monoisotopic (exact) mass is 463 g/mol. The third kappa shape index (κ3) is 4.61. The predicted octanol–water partition coefficient (Wildman–Crippen LogP) is 4.66. The topological polar surface area (TPSA) is 29.1 Å². The maximum absolute atomic E-state index is 12.7. The molecule has 0 radical (unpaired) electrons. The van der Waals surface area contributed by atoms with Gasteiger partial charge in [0.25, 0.3) is 5.91 Å². The van der Waals surface area contributed by atoms with Gasteiger partial charge in [0.15, 0.2) is 0 Å². The van der Waals surface area contributed by atoms with E-state index in [9.17, 15) is 18.0 Å². The molecule has 2 nitrogen and oxygen atoms in total. The van der Waals surface area contributed by atoms with Gasteiger partial charge in [-0.3, -0.25) is 4.79 Å². The van der Waals surface area contributed by atoms with Gasteiger partial charge >= 0.3 is 6.18 Å². The number of rotatable bonds is 4. The van der Waals surface area contributed by atoms with Crippen LogP contribution in [0.25, 0.3) is 0 Å². The Balaban J connectivity index is 3.03. The number of carbonyl (C=O) groups excluding carboxylic acids is 1. The minimum atomic E-state index is -4.46. The molecule has 0 heterocycles. The molecule has 1 N–H and O–H groups in total. The molecule has 7 heteroatoms. The molecule has 0 aliphatic heterocycles. The summed E-state index contributed by atoms with van der Waals surface area (Å²) in [6.45, 7) is 3.90. The van der Waals surface area contributed by atoms with E-state index in [1.807, 2.05) is 13.8 Å². The molecule has 1 unspecified atom stereocenters. The van der Waals surface area contributed by atoms with Crippen molar-refractivity contribution < 1.29 is 18.0 Å². The van der Waals surface area contributed by atoms with Crippen LogP contribution in [0.2, 0.25) is 0 Å². The summed E-state index contributed by atoms with van der Waals surface area (Å²) in [5, 5.41) is 2.76. The third-order valence-electron chi connectivity index (χ3n) is 2.83. The lowest BCUT2D eigenvalue weighted by molar-refractivity contribution is -0.137. The first kappa shape index (κ1) is 17.7. The van der Waals surface area contributed by atoms with Gasteiger partial charge in [0, 0.05) is 14.9 Å². The second-order valence-corrected chi connectivity index (χ2v) is 6.41. The van der Waals surface area contributed by atoms with Crippen LogP contribution >= 0.6 is 38.5 Å². The number of carbonyl (C=O) groups is 1. The summed E-state index contributed by atoms with van der Waals surface area (Å²) in [4.78, 5) is 12.1. The van der Waals surface area contributed by atoms with Crippen molar-refractivity contribution in [2.24, 2.45) is 5.92 Å². The van der Waals surface area contributed by atoms with E-state index < -0.39 is 17.6 Å². The summed E-state index contributed by atoms with van der Waals surface area (Å²) in [7, 11) is 0. The van der Waals surface area contributed by atoms with E-state index in [0.29, 0.717) is 8.90 Å². The molecule has 1 aromatic carbocycles. The molecule has 1 aromatic rings. The largest absolute Gasteiger partial charge is 0.416 e. The van der Waals surface area contributed by atoms with Gasteiger partial charge in [0.1, 0.15) is 0 Å².